The zero-order valence-corrected chi connectivity index (χ0v) is 10.2. The van der Waals surface area contributed by atoms with Crippen molar-refractivity contribution in [2.75, 3.05) is 4.90 Å². The first-order valence-electron chi connectivity index (χ1n) is 4.12. The standard InChI is InChI=1S/C10H8F2NO2.Ti/c1-6(14)13(7(2)15)10-4-3-8(11)5-9(10)12;/h3-4H,1-2H3;/q-1;. The van der Waals surface area contributed by atoms with Crippen LogP contribution in [0.4, 0.5) is 14.5 Å². The van der Waals surface area contributed by atoms with Crippen LogP contribution < -0.4 is 4.90 Å². The van der Waals surface area contributed by atoms with Gasteiger partial charge in [0.15, 0.2) is 0 Å². The summed E-state index contributed by atoms with van der Waals surface area (Å²) in [5.41, 5.74) is -0.295. The summed E-state index contributed by atoms with van der Waals surface area (Å²) in [6.07, 6.45) is 0. The van der Waals surface area contributed by atoms with Crippen LogP contribution in [0.5, 0.6) is 0 Å². The number of benzene rings is 1. The van der Waals surface area contributed by atoms with Crippen molar-refractivity contribution in [1.82, 2.24) is 0 Å². The molecule has 84 valence electrons. The van der Waals surface area contributed by atoms with Crippen molar-refractivity contribution in [3.8, 4) is 0 Å². The number of hydrogen-bond acceptors (Lipinski definition) is 2. The topological polar surface area (TPSA) is 37.4 Å². The molecule has 1 aromatic rings. The van der Waals surface area contributed by atoms with Crippen LogP contribution in [-0.2, 0) is 31.3 Å². The summed E-state index contributed by atoms with van der Waals surface area (Å²) in [6.45, 7) is 2.23. The largest absolute Gasteiger partial charge is 0.304 e. The molecule has 0 atom stereocenters. The Hall–Kier alpha value is -1.07. The Morgan fingerprint density at radius 3 is 2.06 bits per heavy atom. The predicted molar refractivity (Wildman–Crippen MR) is 49.0 cm³/mol. The van der Waals surface area contributed by atoms with Gasteiger partial charge in [-0.3, -0.25) is 9.59 Å². The first-order valence-corrected chi connectivity index (χ1v) is 4.12. The molecular weight excluding hydrogens is 252 g/mol. The summed E-state index contributed by atoms with van der Waals surface area (Å²) in [4.78, 5) is 22.7. The summed E-state index contributed by atoms with van der Waals surface area (Å²) in [5.74, 6) is -3.23. The molecule has 0 saturated carbocycles. The molecule has 1 aromatic carbocycles. The van der Waals surface area contributed by atoms with Gasteiger partial charge in [-0.1, -0.05) is 0 Å². The number of imide groups is 1. The van der Waals surface area contributed by atoms with E-state index in [-0.39, 0.29) is 27.4 Å². The molecule has 0 saturated heterocycles. The summed E-state index contributed by atoms with van der Waals surface area (Å²) in [5, 5.41) is 0. The Labute approximate surface area is 106 Å². The predicted octanol–water partition coefficient (Wildman–Crippen LogP) is 1.66. The molecule has 0 radical (unpaired) electrons. The van der Waals surface area contributed by atoms with Crippen molar-refractivity contribution < 1.29 is 40.1 Å². The molecule has 2 amide bonds. The Kier molecular flexibility index (Phi) is 5.48. The van der Waals surface area contributed by atoms with E-state index < -0.39 is 23.4 Å². The number of halogens is 2. The molecule has 0 aliphatic carbocycles. The van der Waals surface area contributed by atoms with E-state index in [9.17, 15) is 18.4 Å². The van der Waals surface area contributed by atoms with Crippen molar-refractivity contribution in [2.24, 2.45) is 0 Å². The first kappa shape index (κ1) is 14.9. The maximum atomic E-state index is 13.2. The zero-order chi connectivity index (χ0) is 11.6. The monoisotopic (exact) mass is 260 g/mol. The Morgan fingerprint density at radius 1 is 1.19 bits per heavy atom. The molecule has 3 nitrogen and oxygen atoms in total. The number of amides is 2. The number of carbonyl (C=O) groups excluding carboxylic acids is 2. The van der Waals surface area contributed by atoms with E-state index in [2.05, 4.69) is 0 Å². The number of anilines is 1. The van der Waals surface area contributed by atoms with Gasteiger partial charge in [-0.25, -0.2) is 8.78 Å². The molecule has 0 aliphatic heterocycles. The average Bonchev–Trinajstić information content (AvgIpc) is 2.08. The van der Waals surface area contributed by atoms with Gasteiger partial charge in [0.25, 0.3) is 0 Å². The second kappa shape index (κ2) is 5.87. The molecule has 0 unspecified atom stereocenters. The van der Waals surface area contributed by atoms with Crippen LogP contribution in [0.1, 0.15) is 13.8 Å². The van der Waals surface area contributed by atoms with Gasteiger partial charge in [-0.05, 0) is 5.69 Å². The van der Waals surface area contributed by atoms with E-state index in [1.165, 1.54) is 0 Å². The van der Waals surface area contributed by atoms with Gasteiger partial charge in [0, 0.05) is 47.2 Å². The van der Waals surface area contributed by atoms with Gasteiger partial charge in [0.05, 0.1) is 0 Å². The summed E-state index contributed by atoms with van der Waals surface area (Å²) < 4.78 is 25.7. The third kappa shape index (κ3) is 3.22. The molecule has 1 rings (SSSR count). The number of hydrogen-bond donors (Lipinski definition) is 0. The maximum absolute atomic E-state index is 13.2. The minimum atomic E-state index is -1.07. The molecule has 0 bridgehead atoms. The van der Waals surface area contributed by atoms with Crippen molar-refractivity contribution in [3.05, 3.63) is 29.8 Å². The minimum Gasteiger partial charge on any atom is -0.304 e. The van der Waals surface area contributed by atoms with Crippen LogP contribution in [0, 0.1) is 17.7 Å². The maximum Gasteiger partial charge on any atom is 0.219 e. The van der Waals surface area contributed by atoms with Crippen LogP contribution in [0.15, 0.2) is 12.1 Å². The second-order valence-corrected chi connectivity index (χ2v) is 2.88. The van der Waals surface area contributed by atoms with Crippen LogP contribution in [0.3, 0.4) is 0 Å². The van der Waals surface area contributed by atoms with E-state index in [1.54, 1.807) is 6.07 Å². The minimum absolute atomic E-state index is 0. The summed E-state index contributed by atoms with van der Waals surface area (Å²) >= 11 is 0. The van der Waals surface area contributed by atoms with Crippen molar-refractivity contribution in [3.63, 3.8) is 0 Å². The van der Waals surface area contributed by atoms with Gasteiger partial charge < -0.3 is 4.90 Å². The van der Waals surface area contributed by atoms with E-state index in [4.69, 9.17) is 0 Å². The quantitative estimate of drug-likeness (QED) is 0.568. The summed E-state index contributed by atoms with van der Waals surface area (Å²) in [6, 6.07) is 3.70. The van der Waals surface area contributed by atoms with E-state index in [0.29, 0.717) is 4.90 Å². The Bertz CT molecular complexity index is 409. The Morgan fingerprint density at radius 2 is 1.69 bits per heavy atom. The fraction of sp³-hybridized carbons (Fsp3) is 0.200. The van der Waals surface area contributed by atoms with Crippen LogP contribution in [0.2, 0.25) is 0 Å². The molecule has 0 fully saturated rings. The normalized spacial score (nSPS) is 9.25. The molecule has 6 heteroatoms. The molecule has 0 N–H and O–H groups in total. The van der Waals surface area contributed by atoms with Crippen LogP contribution in [-0.4, -0.2) is 11.8 Å². The van der Waals surface area contributed by atoms with Gasteiger partial charge in [-0.15, -0.1) is 18.2 Å². The number of nitrogens with zero attached hydrogens (tertiary/aromatic N) is 1. The number of carbonyl (C=O) groups is 2. The molecule has 16 heavy (non-hydrogen) atoms. The van der Waals surface area contributed by atoms with Crippen molar-refractivity contribution in [2.45, 2.75) is 13.8 Å². The molecule has 0 aliphatic rings. The first-order chi connectivity index (χ1) is 6.93. The molecule has 0 spiro atoms. The SMILES string of the molecule is CC(=O)N(C(C)=O)c1ccc(F)[c-]c1F.[Ti]. The van der Waals surface area contributed by atoms with Gasteiger partial charge in [0.2, 0.25) is 11.8 Å². The molecular formula is C10H8F2NO2Ti-. The molecule has 0 heterocycles. The average molecular weight is 260 g/mol. The summed E-state index contributed by atoms with van der Waals surface area (Å²) in [7, 11) is 0. The third-order valence-electron chi connectivity index (χ3n) is 1.71. The van der Waals surface area contributed by atoms with Crippen molar-refractivity contribution in [1.29, 1.82) is 0 Å². The Balaban J connectivity index is 0.00000225. The van der Waals surface area contributed by atoms with Gasteiger partial charge >= 0.3 is 0 Å². The third-order valence-corrected chi connectivity index (χ3v) is 1.71. The second-order valence-electron chi connectivity index (χ2n) is 2.88. The van der Waals surface area contributed by atoms with Crippen molar-refractivity contribution >= 4 is 17.5 Å². The fourth-order valence-electron chi connectivity index (χ4n) is 1.17. The van der Waals surface area contributed by atoms with E-state index >= 15 is 0 Å². The molecule has 0 aromatic heterocycles. The van der Waals surface area contributed by atoms with Gasteiger partial charge in [-0.2, -0.15) is 0 Å². The number of rotatable bonds is 1. The van der Waals surface area contributed by atoms with Gasteiger partial charge in [0.1, 0.15) is 0 Å². The fourth-order valence-corrected chi connectivity index (χ4v) is 1.17. The zero-order valence-electron chi connectivity index (χ0n) is 8.67. The van der Waals surface area contributed by atoms with E-state index in [1.807, 2.05) is 0 Å². The van der Waals surface area contributed by atoms with Crippen LogP contribution in [0.25, 0.3) is 0 Å². The smallest absolute Gasteiger partial charge is 0.219 e. The van der Waals surface area contributed by atoms with Crippen LogP contribution >= 0.6 is 0 Å². The van der Waals surface area contributed by atoms with E-state index in [0.717, 1.165) is 26.0 Å².